The van der Waals surface area contributed by atoms with Gasteiger partial charge in [-0.25, -0.2) is 0 Å². The summed E-state index contributed by atoms with van der Waals surface area (Å²) in [4.78, 5) is 7.13. The number of nitrogens with zero attached hydrogens (tertiary/aromatic N) is 4. The molecule has 6 nitrogen and oxygen atoms in total. The van der Waals surface area contributed by atoms with Crippen molar-refractivity contribution in [3.8, 4) is 11.4 Å². The number of aromatic nitrogens is 4. The molecule has 0 saturated heterocycles. The molecular weight excluding hydrogens is 378 g/mol. The fraction of sp³-hybridized carbons (Fsp3) is 0.421. The quantitative estimate of drug-likeness (QED) is 0.643. The SMILES string of the molecule is COCCn1c(-c2ccncc2)nn(C[NH+]2CCc3sccc3[C@H]2C)c1=S. The first kappa shape index (κ1) is 18.5. The molecular formula is C19H24N5OS2+. The molecule has 0 spiro atoms. The van der Waals surface area contributed by atoms with E-state index in [-0.39, 0.29) is 0 Å². The lowest BCUT2D eigenvalue weighted by molar-refractivity contribution is -0.954. The van der Waals surface area contributed by atoms with Gasteiger partial charge in [0.05, 0.1) is 19.7 Å². The van der Waals surface area contributed by atoms with Crippen molar-refractivity contribution in [2.75, 3.05) is 20.3 Å². The number of fused-ring (bicyclic) bond motifs is 1. The van der Waals surface area contributed by atoms with E-state index in [0.717, 1.165) is 35.8 Å². The van der Waals surface area contributed by atoms with Crippen LogP contribution in [0.3, 0.4) is 0 Å². The van der Waals surface area contributed by atoms with Gasteiger partial charge in [0.15, 0.2) is 12.5 Å². The van der Waals surface area contributed by atoms with Gasteiger partial charge in [0, 0.05) is 41.9 Å². The number of pyridine rings is 1. The number of nitrogens with one attached hydrogen (secondary N) is 1. The van der Waals surface area contributed by atoms with E-state index in [4.69, 9.17) is 22.1 Å². The third-order valence-corrected chi connectivity index (χ3v) is 6.69. The molecule has 8 heteroatoms. The van der Waals surface area contributed by atoms with Crippen LogP contribution in [-0.4, -0.2) is 39.6 Å². The van der Waals surface area contributed by atoms with E-state index in [1.807, 2.05) is 28.2 Å². The Morgan fingerprint density at radius 3 is 2.93 bits per heavy atom. The predicted octanol–water partition coefficient (Wildman–Crippen LogP) is 2.34. The zero-order chi connectivity index (χ0) is 18.8. The highest BCUT2D eigenvalue weighted by Gasteiger charge is 2.29. The normalized spacial score (nSPS) is 19.2. The Bertz CT molecular complexity index is 962. The lowest BCUT2D eigenvalue weighted by Crippen LogP contribution is -3.12. The number of hydrogen-bond donors (Lipinski definition) is 1. The number of ether oxygens (including phenoxy) is 1. The Morgan fingerprint density at radius 2 is 2.15 bits per heavy atom. The number of thiophene rings is 1. The molecule has 4 rings (SSSR count). The molecule has 27 heavy (non-hydrogen) atoms. The Morgan fingerprint density at radius 1 is 1.33 bits per heavy atom. The van der Waals surface area contributed by atoms with Crippen molar-refractivity contribution in [3.05, 3.63) is 51.2 Å². The van der Waals surface area contributed by atoms with E-state index < -0.39 is 0 Å². The minimum absolute atomic E-state index is 0.454. The smallest absolute Gasteiger partial charge is 0.203 e. The summed E-state index contributed by atoms with van der Waals surface area (Å²) in [7, 11) is 1.71. The molecule has 0 radical (unpaired) electrons. The van der Waals surface area contributed by atoms with Crippen molar-refractivity contribution in [2.24, 2.45) is 0 Å². The van der Waals surface area contributed by atoms with E-state index in [1.165, 1.54) is 15.3 Å². The molecule has 0 aromatic carbocycles. The van der Waals surface area contributed by atoms with Crippen LogP contribution in [-0.2, 0) is 24.4 Å². The van der Waals surface area contributed by atoms with E-state index in [9.17, 15) is 0 Å². The number of methoxy groups -OCH3 is 1. The van der Waals surface area contributed by atoms with Crippen molar-refractivity contribution >= 4 is 23.6 Å². The summed E-state index contributed by atoms with van der Waals surface area (Å²) in [6.07, 6.45) is 4.70. The Balaban J connectivity index is 1.65. The van der Waals surface area contributed by atoms with Gasteiger partial charge in [0.2, 0.25) is 4.77 Å². The zero-order valence-electron chi connectivity index (χ0n) is 15.6. The average molecular weight is 403 g/mol. The molecule has 142 valence electrons. The van der Waals surface area contributed by atoms with Gasteiger partial charge in [-0.3, -0.25) is 9.55 Å². The summed E-state index contributed by atoms with van der Waals surface area (Å²) >= 11 is 7.65. The number of quaternary nitrogens is 1. The summed E-state index contributed by atoms with van der Waals surface area (Å²) in [6, 6.07) is 6.66. The van der Waals surface area contributed by atoms with E-state index in [2.05, 4.69) is 27.9 Å². The van der Waals surface area contributed by atoms with Gasteiger partial charge in [-0.2, -0.15) is 4.68 Å². The molecule has 1 aliphatic heterocycles. The highest BCUT2D eigenvalue weighted by atomic mass is 32.1. The van der Waals surface area contributed by atoms with Crippen LogP contribution in [0.4, 0.5) is 0 Å². The van der Waals surface area contributed by atoms with Crippen LogP contribution in [0.2, 0.25) is 0 Å². The standard InChI is InChI=1S/C19H23N5OS2/c1-14-16-6-12-27-17(16)5-9-22(14)13-24-19(26)23(10-11-25-2)18(21-24)15-3-7-20-8-4-15/h3-4,6-8,12,14H,5,9-11,13H2,1-2H3/p+1/t14-/m1/s1. The summed E-state index contributed by atoms with van der Waals surface area (Å²) in [5.74, 6) is 0.875. The predicted molar refractivity (Wildman–Crippen MR) is 108 cm³/mol. The molecule has 0 fully saturated rings. The van der Waals surface area contributed by atoms with Crippen molar-refractivity contribution in [3.63, 3.8) is 0 Å². The van der Waals surface area contributed by atoms with Gasteiger partial charge in [-0.1, -0.05) is 0 Å². The molecule has 0 bridgehead atoms. The third kappa shape index (κ3) is 3.62. The van der Waals surface area contributed by atoms with Gasteiger partial charge in [0.25, 0.3) is 0 Å². The van der Waals surface area contributed by atoms with Crippen molar-refractivity contribution in [1.29, 1.82) is 0 Å². The van der Waals surface area contributed by atoms with Crippen LogP contribution in [0, 0.1) is 4.77 Å². The monoisotopic (exact) mass is 402 g/mol. The van der Waals surface area contributed by atoms with Gasteiger partial charge < -0.3 is 9.64 Å². The van der Waals surface area contributed by atoms with E-state index in [0.29, 0.717) is 19.2 Å². The molecule has 1 aliphatic rings. The molecule has 1 N–H and O–H groups in total. The van der Waals surface area contributed by atoms with Crippen LogP contribution in [0.15, 0.2) is 36.0 Å². The molecule has 4 heterocycles. The van der Waals surface area contributed by atoms with Crippen molar-refractivity contribution in [2.45, 2.75) is 32.6 Å². The average Bonchev–Trinajstić information content (AvgIpc) is 3.29. The summed E-state index contributed by atoms with van der Waals surface area (Å²) in [6.45, 7) is 5.46. The topological polar surface area (TPSA) is 49.3 Å². The van der Waals surface area contributed by atoms with Crippen LogP contribution >= 0.6 is 23.6 Å². The summed E-state index contributed by atoms with van der Waals surface area (Å²) < 4.78 is 10.1. The highest BCUT2D eigenvalue weighted by Crippen LogP contribution is 2.25. The molecule has 2 atom stereocenters. The van der Waals surface area contributed by atoms with Crippen LogP contribution < -0.4 is 4.90 Å². The van der Waals surface area contributed by atoms with E-state index in [1.54, 1.807) is 19.5 Å². The maximum atomic E-state index is 5.78. The molecule has 3 aromatic heterocycles. The lowest BCUT2D eigenvalue weighted by Gasteiger charge is -2.30. The van der Waals surface area contributed by atoms with Crippen molar-refractivity contribution in [1.82, 2.24) is 19.3 Å². The molecule has 0 aliphatic carbocycles. The van der Waals surface area contributed by atoms with Gasteiger partial charge in [-0.05, 0) is 42.7 Å². The van der Waals surface area contributed by atoms with Gasteiger partial charge >= 0.3 is 0 Å². The molecule has 0 saturated carbocycles. The van der Waals surface area contributed by atoms with Gasteiger partial charge in [-0.15, -0.1) is 16.4 Å². The minimum Gasteiger partial charge on any atom is -0.383 e. The first-order valence-corrected chi connectivity index (χ1v) is 10.5. The third-order valence-electron chi connectivity index (χ3n) is 5.27. The maximum absolute atomic E-state index is 5.78. The van der Waals surface area contributed by atoms with Crippen LogP contribution in [0.5, 0.6) is 0 Å². The Labute approximate surface area is 168 Å². The highest BCUT2D eigenvalue weighted by molar-refractivity contribution is 7.71. The summed E-state index contributed by atoms with van der Waals surface area (Å²) in [5.41, 5.74) is 2.49. The van der Waals surface area contributed by atoms with E-state index >= 15 is 0 Å². The largest absolute Gasteiger partial charge is 0.383 e. The second-order valence-corrected chi connectivity index (χ2v) is 8.19. The van der Waals surface area contributed by atoms with Crippen LogP contribution in [0.25, 0.3) is 11.4 Å². The molecule has 0 amide bonds. The second-order valence-electron chi connectivity index (χ2n) is 6.82. The zero-order valence-corrected chi connectivity index (χ0v) is 17.2. The fourth-order valence-corrected chi connectivity index (χ4v) is 4.96. The maximum Gasteiger partial charge on any atom is 0.203 e. The Kier molecular flexibility index (Phi) is 5.49. The molecule has 3 aromatic rings. The van der Waals surface area contributed by atoms with Gasteiger partial charge in [0.1, 0.15) is 6.04 Å². The lowest BCUT2D eigenvalue weighted by atomic mass is 10.0. The van der Waals surface area contributed by atoms with Crippen LogP contribution in [0.1, 0.15) is 23.4 Å². The Hall–Kier alpha value is -1.87. The number of hydrogen-bond acceptors (Lipinski definition) is 5. The molecule has 1 unspecified atom stereocenters. The van der Waals surface area contributed by atoms with Crippen molar-refractivity contribution < 1.29 is 9.64 Å². The summed E-state index contributed by atoms with van der Waals surface area (Å²) in [5, 5.41) is 7.08. The fourth-order valence-electron chi connectivity index (χ4n) is 3.70. The minimum atomic E-state index is 0.454. The second kappa shape index (κ2) is 8.02. The first-order valence-electron chi connectivity index (χ1n) is 9.17. The number of rotatable bonds is 6. The first-order chi connectivity index (χ1) is 13.2.